The molecule has 0 bridgehead atoms. The molecule has 1 aromatic rings. The van der Waals surface area contributed by atoms with Crippen molar-refractivity contribution >= 4 is 37.8 Å². The third-order valence-electron chi connectivity index (χ3n) is 1.99. The average molecular weight is 373 g/mol. The van der Waals surface area contributed by atoms with Crippen LogP contribution in [0.4, 0.5) is 8.78 Å². The molecule has 17 heavy (non-hydrogen) atoms. The van der Waals surface area contributed by atoms with Crippen LogP contribution in [0.2, 0.25) is 0 Å². The van der Waals surface area contributed by atoms with Crippen LogP contribution >= 0.6 is 31.9 Å². The number of ether oxygens (including phenoxy) is 1. The van der Waals surface area contributed by atoms with Crippen molar-refractivity contribution in [3.05, 3.63) is 27.5 Å². The Bertz CT molecular complexity index is 427. The molecule has 0 radical (unpaired) electrons. The minimum atomic E-state index is -2.80. The maximum Gasteiger partial charge on any atom is 0.339 e. The van der Waals surface area contributed by atoms with Crippen molar-refractivity contribution in [3.63, 3.8) is 0 Å². The van der Waals surface area contributed by atoms with E-state index in [0.29, 0.717) is 5.56 Å². The monoisotopic (exact) mass is 371 g/mol. The topological polar surface area (TPSA) is 39.2 Å². The SMILES string of the molecule is CCOC(=O)c1c(CBr)cnc(Br)c1C(F)F. The van der Waals surface area contributed by atoms with Gasteiger partial charge in [0.2, 0.25) is 0 Å². The number of carbonyl (C=O) groups excluding carboxylic acids is 1. The van der Waals surface area contributed by atoms with Crippen LogP contribution in [0.15, 0.2) is 10.8 Å². The number of nitrogens with zero attached hydrogens (tertiary/aromatic N) is 1. The molecule has 94 valence electrons. The summed E-state index contributed by atoms with van der Waals surface area (Å²) in [4.78, 5) is 15.5. The highest BCUT2D eigenvalue weighted by Gasteiger charge is 2.26. The van der Waals surface area contributed by atoms with Crippen LogP contribution in [-0.4, -0.2) is 17.6 Å². The van der Waals surface area contributed by atoms with Gasteiger partial charge in [0.15, 0.2) is 0 Å². The number of esters is 1. The molecule has 0 aromatic carbocycles. The fourth-order valence-corrected chi connectivity index (χ4v) is 2.19. The molecular weight excluding hydrogens is 364 g/mol. The molecule has 0 saturated carbocycles. The minimum absolute atomic E-state index is 0.0414. The summed E-state index contributed by atoms with van der Waals surface area (Å²) < 4.78 is 30.6. The first-order valence-corrected chi connectivity index (χ1v) is 6.62. The van der Waals surface area contributed by atoms with Crippen molar-refractivity contribution in [2.75, 3.05) is 6.61 Å². The van der Waals surface area contributed by atoms with E-state index >= 15 is 0 Å². The fourth-order valence-electron chi connectivity index (χ4n) is 1.29. The maximum atomic E-state index is 12.9. The highest BCUT2D eigenvalue weighted by Crippen LogP contribution is 2.32. The van der Waals surface area contributed by atoms with Crippen LogP contribution in [0, 0.1) is 0 Å². The summed E-state index contributed by atoms with van der Waals surface area (Å²) in [5, 5.41) is 0.251. The van der Waals surface area contributed by atoms with Gasteiger partial charge in [-0.05, 0) is 28.4 Å². The van der Waals surface area contributed by atoms with E-state index in [1.54, 1.807) is 6.92 Å². The zero-order chi connectivity index (χ0) is 13.0. The molecule has 0 spiro atoms. The van der Waals surface area contributed by atoms with Crippen molar-refractivity contribution in [1.29, 1.82) is 0 Å². The molecule has 7 heteroatoms. The van der Waals surface area contributed by atoms with E-state index in [-0.39, 0.29) is 22.1 Å². The molecule has 0 aliphatic carbocycles. The van der Waals surface area contributed by atoms with Crippen molar-refractivity contribution in [1.82, 2.24) is 4.98 Å². The van der Waals surface area contributed by atoms with Gasteiger partial charge in [0.05, 0.1) is 17.7 Å². The van der Waals surface area contributed by atoms with E-state index in [2.05, 4.69) is 36.8 Å². The van der Waals surface area contributed by atoms with Crippen molar-refractivity contribution in [2.24, 2.45) is 0 Å². The van der Waals surface area contributed by atoms with Gasteiger partial charge in [-0.2, -0.15) is 0 Å². The predicted octanol–water partition coefficient (Wildman–Crippen LogP) is 3.85. The van der Waals surface area contributed by atoms with Crippen molar-refractivity contribution in [3.8, 4) is 0 Å². The van der Waals surface area contributed by atoms with Gasteiger partial charge in [-0.3, -0.25) is 0 Å². The van der Waals surface area contributed by atoms with Crippen molar-refractivity contribution < 1.29 is 18.3 Å². The zero-order valence-corrected chi connectivity index (χ0v) is 12.0. The highest BCUT2D eigenvalue weighted by atomic mass is 79.9. The summed E-state index contributed by atoms with van der Waals surface area (Å²) in [5.74, 6) is -0.764. The van der Waals surface area contributed by atoms with E-state index in [0.717, 1.165) is 0 Å². The highest BCUT2D eigenvalue weighted by molar-refractivity contribution is 9.10. The zero-order valence-electron chi connectivity index (χ0n) is 8.84. The molecule has 0 atom stereocenters. The number of halogens is 4. The molecular formula is C10H9Br2F2NO2. The Morgan fingerprint density at radius 3 is 2.71 bits per heavy atom. The van der Waals surface area contributed by atoms with Crippen LogP contribution < -0.4 is 0 Å². The number of rotatable bonds is 4. The Morgan fingerprint density at radius 2 is 2.24 bits per heavy atom. The number of carbonyl (C=O) groups is 1. The molecule has 1 rings (SSSR count). The van der Waals surface area contributed by atoms with E-state index in [1.165, 1.54) is 6.20 Å². The Labute approximate surface area is 114 Å². The standard InChI is InChI=1S/C10H9Br2F2NO2/c1-2-17-10(16)6-5(3-11)4-15-8(12)7(6)9(13)14/h4,9H,2-3H2,1H3. The largest absolute Gasteiger partial charge is 0.462 e. The number of alkyl halides is 3. The summed E-state index contributed by atoms with van der Waals surface area (Å²) >= 11 is 6.04. The Balaban J connectivity index is 3.40. The smallest absolute Gasteiger partial charge is 0.339 e. The van der Waals surface area contributed by atoms with Crippen LogP contribution in [-0.2, 0) is 10.1 Å². The lowest BCUT2D eigenvalue weighted by Gasteiger charge is -2.12. The minimum Gasteiger partial charge on any atom is -0.462 e. The third kappa shape index (κ3) is 3.22. The molecule has 1 aromatic heterocycles. The lowest BCUT2D eigenvalue weighted by Crippen LogP contribution is -2.13. The molecule has 0 unspecified atom stereocenters. The van der Waals surface area contributed by atoms with Gasteiger partial charge in [0, 0.05) is 11.5 Å². The molecule has 0 amide bonds. The van der Waals surface area contributed by atoms with Crippen LogP contribution in [0.3, 0.4) is 0 Å². The van der Waals surface area contributed by atoms with Gasteiger partial charge in [-0.25, -0.2) is 18.6 Å². The quantitative estimate of drug-likeness (QED) is 0.457. The Hall–Kier alpha value is -0.560. The first kappa shape index (κ1) is 14.5. The van der Waals surface area contributed by atoms with Gasteiger partial charge in [-0.1, -0.05) is 15.9 Å². The normalized spacial score (nSPS) is 10.7. The first-order chi connectivity index (χ1) is 8.02. The molecule has 0 saturated heterocycles. The number of pyridine rings is 1. The number of hydrogen-bond acceptors (Lipinski definition) is 3. The van der Waals surface area contributed by atoms with E-state index in [1.807, 2.05) is 0 Å². The summed E-state index contributed by atoms with van der Waals surface area (Å²) in [6.07, 6.45) is -1.44. The second kappa shape index (κ2) is 6.39. The average Bonchev–Trinajstić information content (AvgIpc) is 2.28. The summed E-state index contributed by atoms with van der Waals surface area (Å²) in [6, 6.07) is 0. The van der Waals surface area contributed by atoms with Gasteiger partial charge >= 0.3 is 5.97 Å². The van der Waals surface area contributed by atoms with Crippen molar-refractivity contribution in [2.45, 2.75) is 18.7 Å². The van der Waals surface area contributed by atoms with Crippen LogP contribution in [0.1, 0.15) is 34.8 Å². The molecule has 0 N–H and O–H groups in total. The second-order valence-corrected chi connectivity index (χ2v) is 4.33. The summed E-state index contributed by atoms with van der Waals surface area (Å²) in [6.45, 7) is 1.74. The van der Waals surface area contributed by atoms with E-state index in [9.17, 15) is 13.6 Å². The van der Waals surface area contributed by atoms with Gasteiger partial charge in [-0.15, -0.1) is 0 Å². The Kier molecular flexibility index (Phi) is 5.45. The Morgan fingerprint density at radius 1 is 1.59 bits per heavy atom. The maximum absolute atomic E-state index is 12.9. The molecule has 0 fully saturated rings. The van der Waals surface area contributed by atoms with Crippen LogP contribution in [0.5, 0.6) is 0 Å². The summed E-state index contributed by atoms with van der Waals surface area (Å²) in [7, 11) is 0. The second-order valence-electron chi connectivity index (χ2n) is 3.02. The van der Waals surface area contributed by atoms with Gasteiger partial charge < -0.3 is 4.74 Å². The predicted molar refractivity (Wildman–Crippen MR) is 65.5 cm³/mol. The van der Waals surface area contributed by atoms with Gasteiger partial charge in [0.25, 0.3) is 6.43 Å². The lowest BCUT2D eigenvalue weighted by molar-refractivity contribution is 0.0513. The van der Waals surface area contributed by atoms with E-state index in [4.69, 9.17) is 4.74 Å². The lowest BCUT2D eigenvalue weighted by atomic mass is 10.1. The van der Waals surface area contributed by atoms with E-state index < -0.39 is 18.0 Å². The van der Waals surface area contributed by atoms with Crippen LogP contribution in [0.25, 0.3) is 0 Å². The first-order valence-electron chi connectivity index (χ1n) is 4.71. The molecule has 0 aliphatic rings. The van der Waals surface area contributed by atoms with Gasteiger partial charge in [0.1, 0.15) is 4.60 Å². The third-order valence-corrected chi connectivity index (χ3v) is 3.22. The molecule has 3 nitrogen and oxygen atoms in total. The fraction of sp³-hybridized carbons (Fsp3) is 0.400. The summed E-state index contributed by atoms with van der Waals surface area (Å²) in [5.41, 5.74) is -0.178. The number of hydrogen-bond donors (Lipinski definition) is 0. The number of aromatic nitrogens is 1. The molecule has 1 heterocycles. The molecule has 0 aliphatic heterocycles.